The summed E-state index contributed by atoms with van der Waals surface area (Å²) in [5.74, 6) is 0.812. The molecule has 0 aliphatic carbocycles. The highest BCUT2D eigenvalue weighted by atomic mass is 32.1. The number of aryl methyl sites for hydroxylation is 1. The van der Waals surface area contributed by atoms with Crippen LogP contribution in [-0.4, -0.2) is 45.6 Å². The largest absolute Gasteiger partial charge is 0.369 e. The summed E-state index contributed by atoms with van der Waals surface area (Å²) >= 11 is 1.50. The number of amides is 1. The first-order valence-corrected chi connectivity index (χ1v) is 8.46. The van der Waals surface area contributed by atoms with Crippen molar-refractivity contribution in [1.29, 1.82) is 0 Å². The molecule has 3 N–H and O–H groups in total. The van der Waals surface area contributed by atoms with Gasteiger partial charge in [-0.25, -0.2) is 4.98 Å². The summed E-state index contributed by atoms with van der Waals surface area (Å²) in [6, 6.07) is 5.95. The molecule has 1 fully saturated rings. The summed E-state index contributed by atoms with van der Waals surface area (Å²) in [5, 5.41) is 12.9. The maximum atomic E-state index is 11.1. The van der Waals surface area contributed by atoms with Crippen molar-refractivity contribution < 1.29 is 4.79 Å². The van der Waals surface area contributed by atoms with Crippen LogP contribution in [0, 0.1) is 6.92 Å². The predicted octanol–water partition coefficient (Wildman–Crippen LogP) is 1.65. The Hall–Kier alpha value is -2.06. The van der Waals surface area contributed by atoms with Crippen molar-refractivity contribution >= 4 is 28.2 Å². The van der Waals surface area contributed by atoms with Crippen LogP contribution in [0.3, 0.4) is 0 Å². The highest BCUT2D eigenvalue weighted by molar-refractivity contribution is 7.15. The zero-order valence-electron chi connectivity index (χ0n) is 13.0. The second kappa shape index (κ2) is 7.01. The molecule has 0 spiro atoms. The highest BCUT2D eigenvalue weighted by Gasteiger charge is 2.23. The van der Waals surface area contributed by atoms with Crippen molar-refractivity contribution in [2.75, 3.05) is 25.0 Å². The summed E-state index contributed by atoms with van der Waals surface area (Å²) in [6.45, 7) is 3.97. The topological polar surface area (TPSA) is 97.0 Å². The van der Waals surface area contributed by atoms with Gasteiger partial charge in [0.15, 0.2) is 0 Å². The van der Waals surface area contributed by atoms with Crippen LogP contribution < -0.4 is 11.1 Å². The van der Waals surface area contributed by atoms with E-state index < -0.39 is 0 Å². The van der Waals surface area contributed by atoms with Gasteiger partial charge in [0.2, 0.25) is 11.0 Å². The van der Waals surface area contributed by atoms with E-state index in [0.29, 0.717) is 12.5 Å². The van der Waals surface area contributed by atoms with E-state index in [2.05, 4.69) is 20.4 Å². The Balaban J connectivity index is 1.70. The maximum Gasteiger partial charge on any atom is 0.231 e. The average molecular weight is 332 g/mol. The molecule has 1 aliphatic rings. The molecular formula is C15H20N6OS. The second-order valence-electron chi connectivity index (χ2n) is 5.74. The number of nitrogens with zero attached hydrogens (tertiary/aromatic N) is 4. The Morgan fingerprint density at radius 2 is 2.35 bits per heavy atom. The zero-order valence-corrected chi connectivity index (χ0v) is 13.8. The smallest absolute Gasteiger partial charge is 0.231 e. The number of hydrogen-bond donors (Lipinski definition) is 2. The van der Waals surface area contributed by atoms with Crippen LogP contribution in [0.1, 0.15) is 29.5 Å². The van der Waals surface area contributed by atoms with E-state index in [1.165, 1.54) is 11.3 Å². The summed E-state index contributed by atoms with van der Waals surface area (Å²) in [4.78, 5) is 17.9. The maximum absolute atomic E-state index is 11.1. The standard InChI is InChI=1S/C15H20N6OS/c1-10-19-20-15(23-10)18-14-6-2-5-12(17-14)11-4-3-7-21(8-11)9-13(16)22/h2,5-6,11H,3-4,7-9H2,1H3,(H2,16,22)(H,17,18,20)/t11-/m0/s1. The van der Waals surface area contributed by atoms with Gasteiger partial charge in [0, 0.05) is 18.2 Å². The average Bonchev–Trinajstić information content (AvgIpc) is 2.92. The summed E-state index contributed by atoms with van der Waals surface area (Å²) in [7, 11) is 0. The number of nitrogens with two attached hydrogens (primary N) is 1. The van der Waals surface area contributed by atoms with Crippen LogP contribution in [0.4, 0.5) is 10.9 Å². The molecule has 1 saturated heterocycles. The number of piperidine rings is 1. The van der Waals surface area contributed by atoms with Gasteiger partial charge in [0.25, 0.3) is 0 Å². The van der Waals surface area contributed by atoms with E-state index in [1.54, 1.807) is 0 Å². The Morgan fingerprint density at radius 1 is 1.48 bits per heavy atom. The van der Waals surface area contributed by atoms with Crippen molar-refractivity contribution in [3.8, 4) is 0 Å². The van der Waals surface area contributed by atoms with Crippen LogP contribution >= 0.6 is 11.3 Å². The molecule has 1 atom stereocenters. The molecule has 2 aromatic heterocycles. The lowest BCUT2D eigenvalue weighted by atomic mass is 9.94. The van der Waals surface area contributed by atoms with Gasteiger partial charge >= 0.3 is 0 Å². The molecule has 0 radical (unpaired) electrons. The van der Waals surface area contributed by atoms with Gasteiger partial charge in [0.05, 0.1) is 6.54 Å². The minimum Gasteiger partial charge on any atom is -0.369 e. The molecule has 23 heavy (non-hydrogen) atoms. The fourth-order valence-electron chi connectivity index (χ4n) is 2.87. The number of aromatic nitrogens is 3. The lowest BCUT2D eigenvalue weighted by Crippen LogP contribution is -2.40. The quantitative estimate of drug-likeness (QED) is 0.864. The summed E-state index contributed by atoms with van der Waals surface area (Å²) in [5.41, 5.74) is 6.33. The Kier molecular flexibility index (Phi) is 4.82. The van der Waals surface area contributed by atoms with Gasteiger partial charge in [0.1, 0.15) is 10.8 Å². The van der Waals surface area contributed by atoms with Gasteiger partial charge in [-0.2, -0.15) is 0 Å². The van der Waals surface area contributed by atoms with E-state index in [9.17, 15) is 4.79 Å². The number of hydrogen-bond acceptors (Lipinski definition) is 7. The fourth-order valence-corrected chi connectivity index (χ4v) is 3.46. The second-order valence-corrected chi connectivity index (χ2v) is 6.92. The zero-order chi connectivity index (χ0) is 16.2. The number of carbonyl (C=O) groups excluding carboxylic acids is 1. The monoisotopic (exact) mass is 332 g/mol. The molecular weight excluding hydrogens is 312 g/mol. The minimum atomic E-state index is -0.277. The minimum absolute atomic E-state index is 0.277. The molecule has 3 heterocycles. The third-order valence-electron chi connectivity index (χ3n) is 3.83. The van der Waals surface area contributed by atoms with Crippen LogP contribution in [-0.2, 0) is 4.79 Å². The van der Waals surface area contributed by atoms with E-state index >= 15 is 0 Å². The molecule has 0 unspecified atom stereocenters. The molecule has 0 saturated carbocycles. The first-order valence-electron chi connectivity index (χ1n) is 7.65. The van der Waals surface area contributed by atoms with Crippen molar-refractivity contribution in [1.82, 2.24) is 20.1 Å². The fraction of sp³-hybridized carbons (Fsp3) is 0.467. The third-order valence-corrected chi connectivity index (χ3v) is 4.59. The first kappa shape index (κ1) is 15.8. The lowest BCUT2D eigenvalue weighted by Gasteiger charge is -2.31. The molecule has 122 valence electrons. The number of nitrogens with one attached hydrogen (secondary N) is 1. The molecule has 3 rings (SSSR count). The number of primary amides is 1. The van der Waals surface area contributed by atoms with Crippen LogP contribution in [0.15, 0.2) is 18.2 Å². The van der Waals surface area contributed by atoms with Gasteiger partial charge < -0.3 is 11.1 Å². The number of likely N-dealkylation sites (tertiary alicyclic amines) is 1. The first-order chi connectivity index (χ1) is 11.1. The lowest BCUT2D eigenvalue weighted by molar-refractivity contribution is -0.119. The van der Waals surface area contributed by atoms with Crippen molar-refractivity contribution in [3.63, 3.8) is 0 Å². The van der Waals surface area contributed by atoms with Crippen molar-refractivity contribution in [3.05, 3.63) is 28.9 Å². The van der Waals surface area contributed by atoms with Gasteiger partial charge in [-0.3, -0.25) is 9.69 Å². The Morgan fingerprint density at radius 3 is 3.09 bits per heavy atom. The predicted molar refractivity (Wildman–Crippen MR) is 89.8 cm³/mol. The number of pyridine rings is 1. The van der Waals surface area contributed by atoms with E-state index in [-0.39, 0.29) is 5.91 Å². The number of anilines is 2. The van der Waals surface area contributed by atoms with E-state index in [1.807, 2.05) is 25.1 Å². The van der Waals surface area contributed by atoms with Crippen LogP contribution in [0.25, 0.3) is 0 Å². The number of carbonyl (C=O) groups is 1. The van der Waals surface area contributed by atoms with Crippen LogP contribution in [0.5, 0.6) is 0 Å². The van der Waals surface area contributed by atoms with Crippen molar-refractivity contribution in [2.24, 2.45) is 5.73 Å². The van der Waals surface area contributed by atoms with Crippen molar-refractivity contribution in [2.45, 2.75) is 25.7 Å². The SMILES string of the molecule is Cc1nnc(Nc2cccc([C@H]3CCCN(CC(N)=O)C3)n2)s1. The summed E-state index contributed by atoms with van der Waals surface area (Å²) < 4.78 is 0. The Bertz CT molecular complexity index is 688. The van der Waals surface area contributed by atoms with Gasteiger partial charge in [-0.05, 0) is 38.4 Å². The van der Waals surface area contributed by atoms with Gasteiger partial charge in [-0.1, -0.05) is 17.4 Å². The Labute approximate surface area is 138 Å². The summed E-state index contributed by atoms with van der Waals surface area (Å²) in [6.07, 6.45) is 2.12. The molecule has 1 amide bonds. The third kappa shape index (κ3) is 4.23. The normalized spacial score (nSPS) is 18.7. The van der Waals surface area contributed by atoms with E-state index in [4.69, 9.17) is 10.7 Å². The molecule has 2 aromatic rings. The molecule has 1 aliphatic heterocycles. The van der Waals surface area contributed by atoms with E-state index in [0.717, 1.165) is 47.6 Å². The molecule has 0 aromatic carbocycles. The van der Waals surface area contributed by atoms with Crippen LogP contribution in [0.2, 0.25) is 0 Å². The molecule has 0 bridgehead atoms. The van der Waals surface area contributed by atoms with Gasteiger partial charge in [-0.15, -0.1) is 10.2 Å². The molecule has 8 heteroatoms. The number of rotatable bonds is 5. The molecule has 7 nitrogen and oxygen atoms in total. The highest BCUT2D eigenvalue weighted by Crippen LogP contribution is 2.27.